The second-order valence-corrected chi connectivity index (χ2v) is 13.1. The molecule has 0 saturated carbocycles. The molecule has 0 bridgehead atoms. The van der Waals surface area contributed by atoms with E-state index in [1.165, 1.54) is 27.6 Å². The zero-order valence-electron chi connectivity index (χ0n) is 27.2. The quantitative estimate of drug-likeness (QED) is 0.131. The third-order valence-corrected chi connectivity index (χ3v) is 10.6. The van der Waals surface area contributed by atoms with Gasteiger partial charge >= 0.3 is 21.1 Å². The van der Waals surface area contributed by atoms with Gasteiger partial charge in [0.05, 0.1) is 16.7 Å². The van der Waals surface area contributed by atoms with Crippen LogP contribution in [0.2, 0.25) is 0 Å². The zero-order chi connectivity index (χ0) is 32.8. The Bertz CT molecular complexity index is 2960. The Morgan fingerprint density at radius 2 is 1.18 bits per heavy atom. The third-order valence-electron chi connectivity index (χ3n) is 10.6. The van der Waals surface area contributed by atoms with Crippen molar-refractivity contribution in [3.63, 3.8) is 0 Å². The first-order valence-corrected chi connectivity index (χ1v) is 17.0. The largest absolute Gasteiger partial charge is 2.00 e. The van der Waals surface area contributed by atoms with Gasteiger partial charge in [-0.15, -0.1) is 59.2 Å². The van der Waals surface area contributed by atoms with Crippen molar-refractivity contribution in [2.45, 2.75) is 5.41 Å². The minimum absolute atomic E-state index is 0. The molecule has 0 amide bonds. The fourth-order valence-electron chi connectivity index (χ4n) is 8.57. The van der Waals surface area contributed by atoms with Gasteiger partial charge in [-0.25, -0.2) is 0 Å². The predicted octanol–water partition coefficient (Wildman–Crippen LogP) is 11.0. The average molecular weight is 829 g/mol. The van der Waals surface area contributed by atoms with E-state index in [0.29, 0.717) is 0 Å². The van der Waals surface area contributed by atoms with Crippen molar-refractivity contribution in [3.8, 4) is 22.4 Å². The maximum absolute atomic E-state index is 5.24. The molecule has 3 heterocycles. The van der Waals surface area contributed by atoms with Gasteiger partial charge in [-0.05, 0) is 68.4 Å². The summed E-state index contributed by atoms with van der Waals surface area (Å²) in [7, 11) is 0. The van der Waals surface area contributed by atoms with Crippen LogP contribution in [0.1, 0.15) is 22.3 Å². The molecule has 0 N–H and O–H groups in total. The van der Waals surface area contributed by atoms with E-state index in [9.17, 15) is 0 Å². The Labute approximate surface area is 309 Å². The Balaban J connectivity index is 0.00000327. The number of imidazole rings is 1. The first-order chi connectivity index (χ1) is 24.8. The smallest absolute Gasteiger partial charge is 0.333 e. The molecule has 1 aliphatic rings. The number of pyridine rings is 2. The predicted molar refractivity (Wildman–Crippen MR) is 203 cm³/mol. The number of hydrogen-bond acceptors (Lipinski definition) is 2. The summed E-state index contributed by atoms with van der Waals surface area (Å²) < 4.78 is 2.30. The summed E-state index contributed by atoms with van der Waals surface area (Å²) >= 11 is 0. The number of para-hydroxylation sites is 3. The van der Waals surface area contributed by atoms with Crippen molar-refractivity contribution in [1.29, 1.82) is 0 Å². The van der Waals surface area contributed by atoms with Crippen molar-refractivity contribution >= 4 is 49.1 Å². The van der Waals surface area contributed by atoms with E-state index in [0.717, 1.165) is 66.1 Å². The third kappa shape index (κ3) is 4.10. The molecule has 240 valence electrons. The fourth-order valence-corrected chi connectivity index (χ4v) is 8.57. The monoisotopic (exact) mass is 828 g/mol. The molecule has 51 heavy (non-hydrogen) atoms. The molecule has 0 radical (unpaired) electrons. The molecule has 3 nitrogen and oxygen atoms in total. The standard InChI is InChI=1S/C47H27N3.Pt/c1-2-15-34-30(12-1)26-27-48-45(34)31-13-11-14-32(28-31)47(40-19-6-3-16-36(40)37-17-4-7-20-41(37)47)33-24-25-35-38-18-5-9-22-43(38)50-44-23-10-8-21-42(44)49-46(50)39(35)29-33;/h1-27H;/q-2;+2. The molecule has 11 rings (SSSR count). The van der Waals surface area contributed by atoms with Crippen LogP contribution in [0.25, 0.3) is 71.5 Å². The summed E-state index contributed by atoms with van der Waals surface area (Å²) in [6, 6.07) is 64.3. The number of aromatic nitrogens is 3. The van der Waals surface area contributed by atoms with Gasteiger partial charge in [0.25, 0.3) is 0 Å². The summed E-state index contributed by atoms with van der Waals surface area (Å²) in [6.45, 7) is 0. The summed E-state index contributed by atoms with van der Waals surface area (Å²) in [6.07, 6.45) is 1.90. The van der Waals surface area contributed by atoms with Gasteiger partial charge in [-0.2, -0.15) is 0 Å². The second-order valence-electron chi connectivity index (χ2n) is 13.1. The van der Waals surface area contributed by atoms with Gasteiger partial charge in [0.1, 0.15) is 0 Å². The average Bonchev–Trinajstić information content (AvgIpc) is 3.73. The first kappa shape index (κ1) is 30.0. The van der Waals surface area contributed by atoms with Crippen LogP contribution in [-0.2, 0) is 26.5 Å². The van der Waals surface area contributed by atoms with E-state index >= 15 is 0 Å². The molecule has 7 aromatic carbocycles. The normalized spacial score (nSPS) is 13.1. The minimum Gasteiger partial charge on any atom is -0.333 e. The van der Waals surface area contributed by atoms with Gasteiger partial charge in [0.15, 0.2) is 0 Å². The van der Waals surface area contributed by atoms with Crippen LogP contribution < -0.4 is 0 Å². The van der Waals surface area contributed by atoms with Crippen molar-refractivity contribution in [2.75, 3.05) is 0 Å². The number of rotatable bonds is 3. The van der Waals surface area contributed by atoms with E-state index in [2.05, 4.69) is 174 Å². The zero-order valence-corrected chi connectivity index (χ0v) is 29.5. The molecule has 4 heteroatoms. The van der Waals surface area contributed by atoms with E-state index in [1.807, 2.05) is 6.20 Å². The van der Waals surface area contributed by atoms with Crippen molar-refractivity contribution in [1.82, 2.24) is 14.4 Å². The fraction of sp³-hybridized carbons (Fsp3) is 0.0213. The summed E-state index contributed by atoms with van der Waals surface area (Å²) in [5.74, 6) is 0. The molecule has 0 atom stereocenters. The minimum atomic E-state index is -0.684. The Morgan fingerprint density at radius 3 is 2.00 bits per heavy atom. The summed E-state index contributed by atoms with van der Waals surface area (Å²) in [5, 5.41) is 5.60. The van der Waals surface area contributed by atoms with Crippen molar-refractivity contribution < 1.29 is 21.1 Å². The topological polar surface area (TPSA) is 30.2 Å². The van der Waals surface area contributed by atoms with Crippen LogP contribution in [0.4, 0.5) is 0 Å². The van der Waals surface area contributed by atoms with E-state index < -0.39 is 5.41 Å². The van der Waals surface area contributed by atoms with Crippen LogP contribution in [0, 0.1) is 12.1 Å². The molecule has 0 spiro atoms. The van der Waals surface area contributed by atoms with E-state index in [1.54, 1.807) is 0 Å². The number of hydrogen-bond donors (Lipinski definition) is 0. The molecule has 0 aliphatic heterocycles. The van der Waals surface area contributed by atoms with Crippen molar-refractivity contribution in [2.24, 2.45) is 0 Å². The van der Waals surface area contributed by atoms with Crippen molar-refractivity contribution in [3.05, 3.63) is 198 Å². The van der Waals surface area contributed by atoms with Gasteiger partial charge in [-0.1, -0.05) is 114 Å². The SMILES string of the molecule is [Pt+2].[c-]1c(-c2nccc3ccccc23)cccc1C1(c2[c-]c3c(cc2)c2ccccc2n2c4ccccc4nc32)c2ccccc2-c2ccccc21. The molecule has 3 aromatic heterocycles. The molecular formula is C47H27N3Pt. The Kier molecular flexibility index (Phi) is 6.65. The van der Waals surface area contributed by atoms with E-state index in [4.69, 9.17) is 9.97 Å². The Hall–Kier alpha value is -5.89. The second kappa shape index (κ2) is 11.3. The molecule has 1 aliphatic carbocycles. The summed E-state index contributed by atoms with van der Waals surface area (Å²) in [5.41, 5.74) is 12.4. The number of benzene rings is 7. The maximum atomic E-state index is 5.24. The first-order valence-electron chi connectivity index (χ1n) is 17.0. The van der Waals surface area contributed by atoms with Gasteiger partial charge in [0.2, 0.25) is 0 Å². The van der Waals surface area contributed by atoms with Crippen LogP contribution in [0.3, 0.4) is 0 Å². The van der Waals surface area contributed by atoms with Gasteiger partial charge < -0.3 is 9.38 Å². The van der Waals surface area contributed by atoms with Crippen LogP contribution in [0.15, 0.2) is 164 Å². The van der Waals surface area contributed by atoms with Crippen LogP contribution in [0.5, 0.6) is 0 Å². The van der Waals surface area contributed by atoms with Gasteiger partial charge in [-0.3, -0.25) is 4.98 Å². The van der Waals surface area contributed by atoms with Crippen LogP contribution in [-0.4, -0.2) is 14.4 Å². The molecule has 0 unspecified atom stereocenters. The van der Waals surface area contributed by atoms with Gasteiger partial charge in [0, 0.05) is 17.1 Å². The molecular weight excluding hydrogens is 802 g/mol. The van der Waals surface area contributed by atoms with E-state index in [-0.39, 0.29) is 21.1 Å². The van der Waals surface area contributed by atoms with Crippen LogP contribution >= 0.6 is 0 Å². The molecule has 10 aromatic rings. The summed E-state index contributed by atoms with van der Waals surface area (Å²) in [4.78, 5) is 10.1. The molecule has 0 saturated heterocycles. The maximum Gasteiger partial charge on any atom is 2.00 e. The number of nitrogens with zero attached hydrogens (tertiary/aromatic N) is 3. The Morgan fingerprint density at radius 1 is 0.510 bits per heavy atom. The number of fused-ring (bicyclic) bond motifs is 12. The molecule has 0 fully saturated rings.